The number of hydrogen-bond donors (Lipinski definition) is 1. The van der Waals surface area contributed by atoms with E-state index in [0.717, 1.165) is 81.8 Å². The van der Waals surface area contributed by atoms with Crippen molar-refractivity contribution in [2.75, 3.05) is 82.6 Å². The highest BCUT2D eigenvalue weighted by atomic mass is 16.5. The Morgan fingerprint density at radius 1 is 1.00 bits per heavy atom. The largest absolute Gasteiger partial charge is 0.491 e. The molecule has 0 aliphatic carbocycles. The predicted molar refractivity (Wildman–Crippen MR) is 138 cm³/mol. The molecule has 3 fully saturated rings. The molecule has 1 aromatic carbocycles. The Kier molecular flexibility index (Phi) is 6.18. The maximum absolute atomic E-state index is 5.76. The molecule has 3 aliphatic rings. The summed E-state index contributed by atoms with van der Waals surface area (Å²) in [6.07, 6.45) is 2.96. The first-order valence-corrected chi connectivity index (χ1v) is 12.6. The molecule has 1 spiro atoms. The normalized spacial score (nSPS) is 19.3. The number of fused-ring (bicyclic) bond motifs is 1. The molecule has 0 unspecified atom stereocenters. The monoisotopic (exact) mass is 475 g/mol. The van der Waals surface area contributed by atoms with E-state index in [1.54, 1.807) is 6.20 Å². The Morgan fingerprint density at radius 2 is 1.89 bits per heavy atom. The standard InChI is InChI=1S/C27H33N5O3/c1-28-7-11-35-21-3-5-23(29-16-21)25-15-26(32-8-6-27(17-32)18-34-19-27)22-4-2-20(14-24(22)30-25)31-9-12-33-13-10-31/h2-5,14-16,28H,6-13,17-19H2,1H3. The van der Waals surface area contributed by atoms with Crippen LogP contribution in [0.15, 0.2) is 42.6 Å². The third-order valence-electron chi connectivity index (χ3n) is 7.36. The summed E-state index contributed by atoms with van der Waals surface area (Å²) in [6, 6.07) is 12.9. The van der Waals surface area contributed by atoms with Crippen LogP contribution in [0.5, 0.6) is 5.75 Å². The number of nitrogens with zero attached hydrogens (tertiary/aromatic N) is 4. The van der Waals surface area contributed by atoms with Gasteiger partial charge in [-0.3, -0.25) is 4.98 Å². The lowest BCUT2D eigenvalue weighted by Crippen LogP contribution is -2.44. The topological polar surface area (TPSA) is 72.0 Å². The van der Waals surface area contributed by atoms with Crippen LogP contribution in [-0.2, 0) is 9.47 Å². The summed E-state index contributed by atoms with van der Waals surface area (Å²) < 4.78 is 16.9. The minimum absolute atomic E-state index is 0.314. The Hall–Kier alpha value is -2.94. The second-order valence-corrected chi connectivity index (χ2v) is 9.82. The molecule has 0 radical (unpaired) electrons. The van der Waals surface area contributed by atoms with Gasteiger partial charge in [0.15, 0.2) is 0 Å². The number of anilines is 2. The van der Waals surface area contributed by atoms with Crippen LogP contribution in [0.1, 0.15) is 6.42 Å². The van der Waals surface area contributed by atoms with Crippen molar-refractivity contribution < 1.29 is 14.2 Å². The van der Waals surface area contributed by atoms with Gasteiger partial charge in [-0.2, -0.15) is 0 Å². The molecule has 0 amide bonds. The molecule has 1 N–H and O–H groups in total. The Bertz CT molecular complexity index is 1180. The molecular weight excluding hydrogens is 442 g/mol. The van der Waals surface area contributed by atoms with Crippen LogP contribution in [0.3, 0.4) is 0 Å². The maximum atomic E-state index is 5.76. The van der Waals surface area contributed by atoms with Crippen molar-refractivity contribution >= 4 is 22.3 Å². The van der Waals surface area contributed by atoms with Crippen molar-refractivity contribution in [2.24, 2.45) is 5.41 Å². The molecule has 3 saturated heterocycles. The third-order valence-corrected chi connectivity index (χ3v) is 7.36. The number of aromatic nitrogens is 2. The fraction of sp³-hybridized carbons (Fsp3) is 0.481. The number of pyridine rings is 2. The predicted octanol–water partition coefficient (Wildman–Crippen LogP) is 2.96. The van der Waals surface area contributed by atoms with Gasteiger partial charge >= 0.3 is 0 Å². The van der Waals surface area contributed by atoms with Crippen LogP contribution in [0, 0.1) is 5.41 Å². The summed E-state index contributed by atoms with van der Waals surface area (Å²) in [5, 5.41) is 4.28. The van der Waals surface area contributed by atoms with Gasteiger partial charge in [-0.15, -0.1) is 0 Å². The number of likely N-dealkylation sites (N-methyl/N-ethyl adjacent to an activating group) is 1. The molecule has 2 aromatic heterocycles. The van der Waals surface area contributed by atoms with E-state index in [-0.39, 0.29) is 0 Å². The van der Waals surface area contributed by atoms with E-state index in [9.17, 15) is 0 Å². The number of benzene rings is 1. The molecule has 6 rings (SSSR count). The number of nitrogens with one attached hydrogen (secondary N) is 1. The smallest absolute Gasteiger partial charge is 0.137 e. The zero-order chi connectivity index (χ0) is 23.7. The van der Waals surface area contributed by atoms with Gasteiger partial charge in [0.05, 0.1) is 49.5 Å². The molecule has 8 nitrogen and oxygen atoms in total. The Morgan fingerprint density at radius 3 is 2.60 bits per heavy atom. The van der Waals surface area contributed by atoms with E-state index in [0.29, 0.717) is 12.0 Å². The molecule has 3 aromatic rings. The van der Waals surface area contributed by atoms with Crippen LogP contribution in [0.2, 0.25) is 0 Å². The van der Waals surface area contributed by atoms with Gasteiger partial charge in [-0.05, 0) is 49.9 Å². The number of rotatable bonds is 7. The van der Waals surface area contributed by atoms with E-state index in [1.165, 1.54) is 23.2 Å². The molecule has 8 heteroatoms. The lowest BCUT2D eigenvalue weighted by Gasteiger charge is -2.38. The molecule has 0 saturated carbocycles. The number of morpholine rings is 1. The van der Waals surface area contributed by atoms with Crippen LogP contribution >= 0.6 is 0 Å². The Labute approximate surface area is 206 Å². The average molecular weight is 476 g/mol. The van der Waals surface area contributed by atoms with Gasteiger partial charge in [0.2, 0.25) is 0 Å². The number of hydrogen-bond acceptors (Lipinski definition) is 8. The fourth-order valence-corrected chi connectivity index (χ4v) is 5.26. The van der Waals surface area contributed by atoms with E-state index in [2.05, 4.69) is 39.4 Å². The lowest BCUT2D eigenvalue weighted by atomic mass is 9.85. The molecule has 184 valence electrons. The van der Waals surface area contributed by atoms with Gasteiger partial charge in [0, 0.05) is 54.9 Å². The minimum Gasteiger partial charge on any atom is -0.491 e. The summed E-state index contributed by atoms with van der Waals surface area (Å²) in [6.45, 7) is 8.57. The second kappa shape index (κ2) is 9.60. The minimum atomic E-state index is 0.314. The first-order chi connectivity index (χ1) is 17.2. The van der Waals surface area contributed by atoms with Gasteiger partial charge in [-0.1, -0.05) is 0 Å². The maximum Gasteiger partial charge on any atom is 0.137 e. The first kappa shape index (κ1) is 22.5. The van der Waals surface area contributed by atoms with Gasteiger partial charge in [0.1, 0.15) is 12.4 Å². The summed E-state index contributed by atoms with van der Waals surface area (Å²) in [7, 11) is 1.92. The molecule has 35 heavy (non-hydrogen) atoms. The highest BCUT2D eigenvalue weighted by Crippen LogP contribution is 2.42. The third kappa shape index (κ3) is 4.53. The van der Waals surface area contributed by atoms with Crippen molar-refractivity contribution in [3.8, 4) is 17.1 Å². The summed E-state index contributed by atoms with van der Waals surface area (Å²) in [5.74, 6) is 0.770. The van der Waals surface area contributed by atoms with Crippen LogP contribution in [0.25, 0.3) is 22.3 Å². The van der Waals surface area contributed by atoms with E-state index >= 15 is 0 Å². The van der Waals surface area contributed by atoms with Crippen LogP contribution in [0.4, 0.5) is 11.4 Å². The van der Waals surface area contributed by atoms with Crippen molar-refractivity contribution in [1.82, 2.24) is 15.3 Å². The highest BCUT2D eigenvalue weighted by Gasteiger charge is 2.44. The fourth-order valence-electron chi connectivity index (χ4n) is 5.26. The zero-order valence-electron chi connectivity index (χ0n) is 20.3. The van der Waals surface area contributed by atoms with Gasteiger partial charge < -0.3 is 29.3 Å². The lowest BCUT2D eigenvalue weighted by molar-refractivity contribution is -0.0985. The average Bonchev–Trinajstić information content (AvgIpc) is 3.35. The van der Waals surface area contributed by atoms with E-state index in [4.69, 9.17) is 24.2 Å². The van der Waals surface area contributed by atoms with E-state index < -0.39 is 0 Å². The summed E-state index contributed by atoms with van der Waals surface area (Å²) >= 11 is 0. The molecule has 0 atom stereocenters. The molecular formula is C27H33N5O3. The van der Waals surface area contributed by atoms with Crippen molar-refractivity contribution in [1.29, 1.82) is 0 Å². The summed E-state index contributed by atoms with van der Waals surface area (Å²) in [5.41, 5.74) is 5.49. The number of ether oxygens (including phenoxy) is 3. The quantitative estimate of drug-likeness (QED) is 0.523. The molecule has 5 heterocycles. The molecule has 0 bridgehead atoms. The Balaban J connectivity index is 1.36. The van der Waals surface area contributed by atoms with Crippen LogP contribution < -0.4 is 19.9 Å². The van der Waals surface area contributed by atoms with Crippen LogP contribution in [-0.4, -0.2) is 82.8 Å². The van der Waals surface area contributed by atoms with Crippen molar-refractivity contribution in [3.63, 3.8) is 0 Å². The van der Waals surface area contributed by atoms with E-state index in [1.807, 2.05) is 19.2 Å². The summed E-state index contributed by atoms with van der Waals surface area (Å²) in [4.78, 5) is 14.7. The van der Waals surface area contributed by atoms with Crippen molar-refractivity contribution in [2.45, 2.75) is 6.42 Å². The highest BCUT2D eigenvalue weighted by molar-refractivity contribution is 5.96. The van der Waals surface area contributed by atoms with Crippen molar-refractivity contribution in [3.05, 3.63) is 42.6 Å². The SMILES string of the molecule is CNCCOc1ccc(-c2cc(N3CCC4(COC4)C3)c3ccc(N4CCOCC4)cc3n2)nc1. The first-order valence-electron chi connectivity index (χ1n) is 12.6. The molecule has 3 aliphatic heterocycles. The second-order valence-electron chi connectivity index (χ2n) is 9.82. The van der Waals surface area contributed by atoms with Gasteiger partial charge in [-0.25, -0.2) is 4.98 Å². The zero-order valence-corrected chi connectivity index (χ0v) is 20.3. The van der Waals surface area contributed by atoms with Gasteiger partial charge in [0.25, 0.3) is 0 Å².